The first-order chi connectivity index (χ1) is 9.58. The first-order valence-corrected chi connectivity index (χ1v) is 6.21. The van der Waals surface area contributed by atoms with E-state index in [9.17, 15) is 9.90 Å². The molecule has 0 bridgehead atoms. The predicted octanol–water partition coefficient (Wildman–Crippen LogP) is 2.71. The Labute approximate surface area is 115 Å². The van der Waals surface area contributed by atoms with Gasteiger partial charge in [-0.2, -0.15) is 0 Å². The Hall–Kier alpha value is -2.69. The van der Waals surface area contributed by atoms with E-state index in [-0.39, 0.29) is 5.69 Å². The van der Waals surface area contributed by atoms with E-state index in [1.54, 1.807) is 16.8 Å². The van der Waals surface area contributed by atoms with Crippen LogP contribution in [-0.4, -0.2) is 25.4 Å². The smallest absolute Gasteiger partial charge is 0.356 e. The molecule has 5 heteroatoms. The van der Waals surface area contributed by atoms with E-state index in [2.05, 4.69) is 16.0 Å². The highest BCUT2D eigenvalue weighted by Gasteiger charge is 2.18. The van der Waals surface area contributed by atoms with E-state index in [1.807, 2.05) is 26.0 Å². The van der Waals surface area contributed by atoms with Crippen molar-refractivity contribution < 1.29 is 9.90 Å². The highest BCUT2D eigenvalue weighted by molar-refractivity contribution is 5.94. The molecule has 5 nitrogen and oxygen atoms in total. The number of hydrogen-bond acceptors (Lipinski definition) is 3. The average molecular weight is 267 g/mol. The van der Waals surface area contributed by atoms with Gasteiger partial charge >= 0.3 is 5.97 Å². The number of hydrogen-bond donors (Lipinski definition) is 1. The molecule has 0 aliphatic heterocycles. The van der Waals surface area contributed by atoms with E-state index in [0.29, 0.717) is 11.3 Å². The molecule has 100 valence electrons. The normalized spacial score (nSPS) is 10.9. The number of carboxylic acids is 1. The summed E-state index contributed by atoms with van der Waals surface area (Å²) in [6.45, 7) is 4.01. The number of aromatic nitrogens is 3. The SMILES string of the molecule is Cc1ccc(-c2nc(C(=O)O)c3cnccn23)c(C)c1. The highest BCUT2D eigenvalue weighted by atomic mass is 16.4. The lowest BCUT2D eigenvalue weighted by Gasteiger charge is -2.05. The second-order valence-electron chi connectivity index (χ2n) is 4.74. The summed E-state index contributed by atoms with van der Waals surface area (Å²) < 4.78 is 1.76. The fraction of sp³-hybridized carbons (Fsp3) is 0.133. The van der Waals surface area contributed by atoms with Crippen LogP contribution in [0.4, 0.5) is 0 Å². The van der Waals surface area contributed by atoms with Crippen molar-refractivity contribution in [3.8, 4) is 11.4 Å². The number of rotatable bonds is 2. The Morgan fingerprint density at radius 2 is 2.10 bits per heavy atom. The number of benzene rings is 1. The van der Waals surface area contributed by atoms with Crippen molar-refractivity contribution >= 4 is 11.5 Å². The summed E-state index contributed by atoms with van der Waals surface area (Å²) in [5.74, 6) is -0.427. The van der Waals surface area contributed by atoms with Crippen molar-refractivity contribution in [1.29, 1.82) is 0 Å². The molecule has 0 spiro atoms. The molecule has 0 aliphatic carbocycles. The van der Waals surface area contributed by atoms with Crippen LogP contribution in [0.25, 0.3) is 16.9 Å². The van der Waals surface area contributed by atoms with Gasteiger partial charge in [-0.05, 0) is 19.4 Å². The molecule has 0 aliphatic rings. The maximum Gasteiger partial charge on any atom is 0.356 e. The quantitative estimate of drug-likeness (QED) is 0.775. The van der Waals surface area contributed by atoms with Crippen LogP contribution in [0.5, 0.6) is 0 Å². The predicted molar refractivity (Wildman–Crippen MR) is 74.9 cm³/mol. The van der Waals surface area contributed by atoms with Crippen molar-refractivity contribution in [2.45, 2.75) is 13.8 Å². The van der Waals surface area contributed by atoms with E-state index in [4.69, 9.17) is 0 Å². The maximum absolute atomic E-state index is 11.3. The summed E-state index contributed by atoms with van der Waals surface area (Å²) in [5, 5.41) is 9.25. The molecule has 0 saturated heterocycles. The van der Waals surface area contributed by atoms with Gasteiger partial charge in [0.1, 0.15) is 5.82 Å². The van der Waals surface area contributed by atoms with Gasteiger partial charge in [0.05, 0.1) is 11.7 Å². The van der Waals surface area contributed by atoms with Crippen LogP contribution in [0.2, 0.25) is 0 Å². The largest absolute Gasteiger partial charge is 0.476 e. The lowest BCUT2D eigenvalue weighted by Crippen LogP contribution is -1.97. The number of aryl methyl sites for hydroxylation is 2. The molecule has 1 aromatic carbocycles. The Kier molecular flexibility index (Phi) is 2.75. The van der Waals surface area contributed by atoms with E-state index in [1.165, 1.54) is 6.20 Å². The first-order valence-electron chi connectivity index (χ1n) is 6.21. The number of carbonyl (C=O) groups is 1. The van der Waals surface area contributed by atoms with Crippen molar-refractivity contribution in [1.82, 2.24) is 14.4 Å². The van der Waals surface area contributed by atoms with Crippen molar-refractivity contribution in [3.63, 3.8) is 0 Å². The minimum atomic E-state index is -1.05. The zero-order valence-electron chi connectivity index (χ0n) is 11.2. The third kappa shape index (κ3) is 1.84. The fourth-order valence-electron chi connectivity index (χ4n) is 2.35. The molecule has 2 heterocycles. The fourth-order valence-corrected chi connectivity index (χ4v) is 2.35. The highest BCUT2D eigenvalue weighted by Crippen LogP contribution is 2.25. The molecule has 20 heavy (non-hydrogen) atoms. The summed E-state index contributed by atoms with van der Waals surface area (Å²) in [5.41, 5.74) is 3.66. The van der Waals surface area contributed by atoms with Crippen molar-refractivity contribution in [2.24, 2.45) is 0 Å². The van der Waals surface area contributed by atoms with Crippen LogP contribution in [0.3, 0.4) is 0 Å². The second-order valence-corrected chi connectivity index (χ2v) is 4.74. The van der Waals surface area contributed by atoms with Gasteiger partial charge in [0.25, 0.3) is 0 Å². The molecule has 0 unspecified atom stereocenters. The summed E-state index contributed by atoms with van der Waals surface area (Å²) in [4.78, 5) is 19.5. The monoisotopic (exact) mass is 267 g/mol. The maximum atomic E-state index is 11.3. The molecule has 3 rings (SSSR count). The van der Waals surface area contributed by atoms with Crippen LogP contribution >= 0.6 is 0 Å². The molecule has 2 aromatic heterocycles. The molecule has 0 saturated carbocycles. The van der Waals surface area contributed by atoms with Gasteiger partial charge in [0, 0.05) is 18.0 Å². The number of carboxylic acid groups (broad SMARTS) is 1. The number of imidazole rings is 1. The first kappa shape index (κ1) is 12.3. The van der Waals surface area contributed by atoms with Gasteiger partial charge in [0.15, 0.2) is 5.69 Å². The Morgan fingerprint density at radius 3 is 2.80 bits per heavy atom. The topological polar surface area (TPSA) is 67.5 Å². The van der Waals surface area contributed by atoms with Crippen LogP contribution in [0, 0.1) is 13.8 Å². The van der Waals surface area contributed by atoms with Gasteiger partial charge in [0.2, 0.25) is 0 Å². The average Bonchev–Trinajstić information content (AvgIpc) is 2.78. The minimum Gasteiger partial charge on any atom is -0.476 e. The molecular weight excluding hydrogens is 254 g/mol. The Balaban J connectivity index is 2.34. The Morgan fingerprint density at radius 1 is 1.30 bits per heavy atom. The van der Waals surface area contributed by atoms with Crippen molar-refractivity contribution in [2.75, 3.05) is 0 Å². The summed E-state index contributed by atoms with van der Waals surface area (Å²) in [6.07, 6.45) is 4.86. The van der Waals surface area contributed by atoms with E-state index >= 15 is 0 Å². The van der Waals surface area contributed by atoms with Crippen LogP contribution < -0.4 is 0 Å². The number of aromatic carboxylic acids is 1. The molecular formula is C15H13N3O2. The second kappa shape index (κ2) is 4.45. The molecule has 0 fully saturated rings. The zero-order chi connectivity index (χ0) is 14.3. The van der Waals surface area contributed by atoms with Gasteiger partial charge in [-0.1, -0.05) is 23.8 Å². The van der Waals surface area contributed by atoms with Crippen LogP contribution in [0.1, 0.15) is 21.6 Å². The third-order valence-electron chi connectivity index (χ3n) is 3.27. The standard InChI is InChI=1S/C15H13N3O2/c1-9-3-4-11(10(2)7-9)14-17-13(15(19)20)12-8-16-5-6-18(12)14/h3-8H,1-2H3,(H,19,20). The van der Waals surface area contributed by atoms with Gasteiger partial charge in [-0.3, -0.25) is 9.38 Å². The summed E-state index contributed by atoms with van der Waals surface area (Å²) >= 11 is 0. The van der Waals surface area contributed by atoms with Crippen LogP contribution in [0.15, 0.2) is 36.8 Å². The van der Waals surface area contributed by atoms with Gasteiger partial charge in [-0.15, -0.1) is 0 Å². The molecule has 0 amide bonds. The third-order valence-corrected chi connectivity index (χ3v) is 3.27. The zero-order valence-corrected chi connectivity index (χ0v) is 11.2. The molecule has 1 N–H and O–H groups in total. The van der Waals surface area contributed by atoms with E-state index < -0.39 is 5.97 Å². The molecule has 0 atom stereocenters. The van der Waals surface area contributed by atoms with Crippen molar-refractivity contribution in [3.05, 3.63) is 53.6 Å². The number of fused-ring (bicyclic) bond motifs is 1. The Bertz CT molecular complexity index is 821. The van der Waals surface area contributed by atoms with E-state index in [0.717, 1.165) is 16.7 Å². The van der Waals surface area contributed by atoms with Crippen LogP contribution in [-0.2, 0) is 0 Å². The summed E-state index contributed by atoms with van der Waals surface area (Å²) in [7, 11) is 0. The molecule has 0 radical (unpaired) electrons. The molecule has 3 aromatic rings. The van der Waals surface area contributed by atoms with Gasteiger partial charge in [-0.25, -0.2) is 9.78 Å². The lowest BCUT2D eigenvalue weighted by molar-refractivity contribution is 0.0693. The summed E-state index contributed by atoms with van der Waals surface area (Å²) in [6, 6.07) is 6.01. The van der Waals surface area contributed by atoms with Gasteiger partial charge < -0.3 is 5.11 Å². The minimum absolute atomic E-state index is 0.0214. The number of nitrogens with zero attached hydrogens (tertiary/aromatic N) is 3. The lowest BCUT2D eigenvalue weighted by atomic mass is 10.1.